The van der Waals surface area contributed by atoms with Crippen molar-refractivity contribution >= 4 is 25.4 Å². The van der Waals surface area contributed by atoms with E-state index >= 15 is 0 Å². The fourth-order valence-electron chi connectivity index (χ4n) is 2.65. The van der Waals surface area contributed by atoms with Crippen LogP contribution in [0.5, 0.6) is 11.5 Å². The Kier molecular flexibility index (Phi) is 5.27. The van der Waals surface area contributed by atoms with Gasteiger partial charge in [-0.05, 0) is 48.5 Å². The molecule has 10 heteroatoms. The van der Waals surface area contributed by atoms with Gasteiger partial charge in [-0.3, -0.25) is 5.32 Å². The largest absolute Gasteiger partial charge is 0.465 e. The van der Waals surface area contributed by atoms with Gasteiger partial charge in [-0.25, -0.2) is 23.5 Å². The number of ether oxygens (including phenoxy) is 2. The molecule has 2 fully saturated rings. The summed E-state index contributed by atoms with van der Waals surface area (Å²) >= 11 is 0. The first-order chi connectivity index (χ1) is 14.0. The van der Waals surface area contributed by atoms with Gasteiger partial charge in [0.25, 0.3) is 0 Å². The molecule has 1 N–H and O–H groups in total. The van der Waals surface area contributed by atoms with E-state index in [9.17, 15) is 14.2 Å². The van der Waals surface area contributed by atoms with Crippen molar-refractivity contribution < 1.29 is 28.2 Å². The van der Waals surface area contributed by atoms with Crippen LogP contribution in [0, 0.1) is 0 Å². The van der Waals surface area contributed by atoms with E-state index in [2.05, 4.69) is 10.1 Å². The molecule has 9 nitrogen and oxygen atoms in total. The second kappa shape index (κ2) is 7.87. The molecule has 152 valence electrons. The van der Waals surface area contributed by atoms with Gasteiger partial charge in [-0.1, -0.05) is 0 Å². The van der Waals surface area contributed by atoms with Gasteiger partial charge in [0.15, 0.2) is 0 Å². The summed E-state index contributed by atoms with van der Waals surface area (Å²) in [6, 6.07) is 12.6. The van der Waals surface area contributed by atoms with Gasteiger partial charge in [0.05, 0.1) is 12.7 Å². The highest BCUT2D eigenvalue weighted by Crippen LogP contribution is 2.60. The number of anilines is 1. The van der Waals surface area contributed by atoms with Crippen LogP contribution in [0.2, 0.25) is 0 Å². The van der Waals surface area contributed by atoms with Gasteiger partial charge >= 0.3 is 19.7 Å². The number of esters is 1. The molecule has 2 aliphatic heterocycles. The van der Waals surface area contributed by atoms with Crippen LogP contribution in [0.15, 0.2) is 48.5 Å². The Bertz CT molecular complexity index is 939. The minimum Gasteiger partial charge on any atom is -0.465 e. The number of amides is 1. The van der Waals surface area contributed by atoms with Crippen LogP contribution in [0.4, 0.5) is 10.5 Å². The Morgan fingerprint density at radius 1 is 0.897 bits per heavy atom. The number of nitrogens with zero attached hydrogens (tertiary/aromatic N) is 2. The zero-order chi connectivity index (χ0) is 20.4. The molecule has 0 atom stereocenters. The first-order valence-corrected chi connectivity index (χ1v) is 10.6. The normalized spacial score (nSPS) is 16.0. The average Bonchev–Trinajstić information content (AvgIpc) is 3.61. The lowest BCUT2D eigenvalue weighted by atomic mass is 10.2. The molecule has 2 aromatic carbocycles. The van der Waals surface area contributed by atoms with Gasteiger partial charge in [0, 0.05) is 31.9 Å². The fourth-order valence-corrected chi connectivity index (χ4v) is 4.83. The Morgan fingerprint density at radius 3 is 1.97 bits per heavy atom. The molecule has 2 heterocycles. The van der Waals surface area contributed by atoms with E-state index in [1.54, 1.807) is 36.4 Å². The monoisotopic (exact) mass is 417 g/mol. The van der Waals surface area contributed by atoms with Crippen LogP contribution >= 0.6 is 7.67 Å². The molecule has 29 heavy (non-hydrogen) atoms. The lowest BCUT2D eigenvalue weighted by Crippen LogP contribution is -2.16. The predicted molar refractivity (Wildman–Crippen MR) is 105 cm³/mol. The van der Waals surface area contributed by atoms with Gasteiger partial charge in [0.2, 0.25) is 0 Å². The summed E-state index contributed by atoms with van der Waals surface area (Å²) in [5, 5.41) is 2.57. The van der Waals surface area contributed by atoms with Crippen molar-refractivity contribution in [2.45, 2.75) is 0 Å². The van der Waals surface area contributed by atoms with Crippen molar-refractivity contribution in [1.82, 2.24) is 9.34 Å². The van der Waals surface area contributed by atoms with E-state index in [0.29, 0.717) is 22.7 Å². The quantitative estimate of drug-likeness (QED) is 0.417. The summed E-state index contributed by atoms with van der Waals surface area (Å²) in [5.41, 5.74) is 0.852. The number of rotatable bonds is 7. The molecule has 0 spiro atoms. The van der Waals surface area contributed by atoms with Crippen molar-refractivity contribution in [3.05, 3.63) is 54.1 Å². The molecule has 2 saturated heterocycles. The number of hydrogen-bond donors (Lipinski definition) is 1. The molecule has 0 aliphatic carbocycles. The van der Waals surface area contributed by atoms with Crippen LogP contribution < -0.4 is 14.6 Å². The number of benzene rings is 2. The van der Waals surface area contributed by atoms with Crippen LogP contribution in [0.3, 0.4) is 0 Å². The smallest absolute Gasteiger partial charge is 0.417 e. The number of hydrogen-bond acceptors (Lipinski definition) is 6. The maximum atomic E-state index is 13.0. The summed E-state index contributed by atoms with van der Waals surface area (Å²) in [4.78, 5) is 23.5. The highest BCUT2D eigenvalue weighted by atomic mass is 31.2. The standard InChI is InChI=1S/C19H20N3O6P/c1-26-18(23)14-2-4-15(5-3-14)20-19(24)27-16-6-8-17(9-7-16)28-29(25,21-10-11-21)22-12-13-22/h2-9H,10-13H2,1H3,(H,20,24). The van der Waals surface area contributed by atoms with Crippen molar-refractivity contribution in [2.75, 3.05) is 38.6 Å². The second-order valence-corrected chi connectivity index (χ2v) is 8.84. The van der Waals surface area contributed by atoms with Crippen molar-refractivity contribution in [2.24, 2.45) is 0 Å². The summed E-state index contributed by atoms with van der Waals surface area (Å²) in [5.74, 6) is 0.315. The highest BCUT2D eigenvalue weighted by molar-refractivity contribution is 7.55. The third kappa shape index (κ3) is 4.59. The summed E-state index contributed by atoms with van der Waals surface area (Å²) in [6.07, 6.45) is -0.677. The lowest BCUT2D eigenvalue weighted by molar-refractivity contribution is 0.0600. The van der Waals surface area contributed by atoms with Crippen molar-refractivity contribution in [1.29, 1.82) is 0 Å². The predicted octanol–water partition coefficient (Wildman–Crippen LogP) is 3.20. The number of methoxy groups -OCH3 is 1. The average molecular weight is 417 g/mol. The molecule has 0 unspecified atom stereocenters. The van der Waals surface area contributed by atoms with Gasteiger partial charge < -0.3 is 14.0 Å². The van der Waals surface area contributed by atoms with Crippen molar-refractivity contribution in [3.63, 3.8) is 0 Å². The first kappa shape index (κ1) is 19.4. The van der Waals surface area contributed by atoms with Gasteiger partial charge in [-0.15, -0.1) is 0 Å². The number of nitrogens with one attached hydrogen (secondary N) is 1. The summed E-state index contributed by atoms with van der Waals surface area (Å²) in [7, 11) is -1.65. The van der Waals surface area contributed by atoms with E-state index in [1.807, 2.05) is 9.34 Å². The molecular weight excluding hydrogens is 397 g/mol. The Hall–Kier alpha value is -2.87. The summed E-state index contributed by atoms with van der Waals surface area (Å²) < 4.78 is 32.2. The molecule has 0 aromatic heterocycles. The fraction of sp³-hybridized carbons (Fsp3) is 0.263. The molecule has 0 bridgehead atoms. The minimum absolute atomic E-state index is 0.314. The van der Waals surface area contributed by atoms with Crippen LogP contribution in [0.1, 0.15) is 10.4 Å². The van der Waals surface area contributed by atoms with Crippen LogP contribution in [-0.4, -0.2) is 54.7 Å². The van der Waals surface area contributed by atoms with E-state index in [-0.39, 0.29) is 0 Å². The maximum Gasteiger partial charge on any atom is 0.417 e. The first-order valence-electron chi connectivity index (χ1n) is 9.06. The molecule has 1 amide bonds. The Labute approximate surface area is 167 Å². The SMILES string of the molecule is COC(=O)c1ccc(NC(=O)Oc2ccc(OP(=O)(N3CC3)N3CC3)cc2)cc1. The number of carbonyl (C=O) groups excluding carboxylic acids is 2. The third-order valence-corrected chi connectivity index (χ3v) is 7.05. The lowest BCUT2D eigenvalue weighted by Gasteiger charge is -2.20. The maximum absolute atomic E-state index is 13.0. The third-order valence-electron chi connectivity index (χ3n) is 4.37. The van der Waals surface area contributed by atoms with Crippen molar-refractivity contribution in [3.8, 4) is 11.5 Å². The van der Waals surface area contributed by atoms with Gasteiger partial charge in [-0.2, -0.15) is 0 Å². The molecule has 0 saturated carbocycles. The molecule has 2 aliphatic rings. The molecule has 0 radical (unpaired) electrons. The van der Waals surface area contributed by atoms with Crippen LogP contribution in [-0.2, 0) is 9.30 Å². The number of carbonyl (C=O) groups is 2. The van der Waals surface area contributed by atoms with Crippen LogP contribution in [0.25, 0.3) is 0 Å². The zero-order valence-corrected chi connectivity index (χ0v) is 16.6. The second-order valence-electron chi connectivity index (χ2n) is 6.54. The van der Waals surface area contributed by atoms with Gasteiger partial charge in [0.1, 0.15) is 11.5 Å². The highest BCUT2D eigenvalue weighted by Gasteiger charge is 2.50. The molecular formula is C19H20N3O6P. The summed E-state index contributed by atoms with van der Waals surface area (Å²) in [6.45, 7) is 3.09. The minimum atomic E-state index is -2.95. The Morgan fingerprint density at radius 2 is 1.45 bits per heavy atom. The molecule has 4 rings (SSSR count). The van der Waals surface area contributed by atoms with E-state index in [1.165, 1.54) is 19.2 Å². The Balaban J connectivity index is 1.33. The zero-order valence-electron chi connectivity index (χ0n) is 15.7. The van der Waals surface area contributed by atoms with E-state index < -0.39 is 19.7 Å². The van der Waals surface area contributed by atoms with E-state index in [4.69, 9.17) is 9.26 Å². The molecule has 2 aromatic rings. The topological polar surface area (TPSA) is 97.0 Å². The van der Waals surface area contributed by atoms with E-state index in [0.717, 1.165) is 26.2 Å².